The monoisotopic (exact) mass is 506 g/mol. The molecule has 0 amide bonds. The second kappa shape index (κ2) is 10.5. The maximum atomic E-state index is 13.0. The summed E-state index contributed by atoms with van der Waals surface area (Å²) in [7, 11) is 0. The second-order valence-corrected chi connectivity index (χ2v) is 14.0. The maximum Gasteiger partial charge on any atom is 0.338 e. The molecule has 204 valence electrons. The van der Waals surface area contributed by atoms with Crippen molar-refractivity contribution in [2.75, 3.05) is 0 Å². The highest BCUT2D eigenvalue weighted by Gasteiger charge is 2.60. The van der Waals surface area contributed by atoms with E-state index in [2.05, 4.69) is 40.7 Å². The van der Waals surface area contributed by atoms with E-state index in [0.717, 1.165) is 42.4 Å². The first-order chi connectivity index (χ1) is 17.6. The highest BCUT2D eigenvalue weighted by Crippen LogP contribution is 2.67. The third-order valence-corrected chi connectivity index (χ3v) is 11.6. The fourth-order valence-corrected chi connectivity index (χ4v) is 9.62. The van der Waals surface area contributed by atoms with Crippen LogP contribution in [0.25, 0.3) is 0 Å². The van der Waals surface area contributed by atoms with Gasteiger partial charge < -0.3 is 9.84 Å². The molecule has 0 aliphatic heterocycles. The van der Waals surface area contributed by atoms with Crippen molar-refractivity contribution >= 4 is 5.97 Å². The molecule has 1 aromatic carbocycles. The highest BCUT2D eigenvalue weighted by atomic mass is 16.6. The van der Waals surface area contributed by atoms with E-state index in [0.29, 0.717) is 23.3 Å². The molecule has 3 saturated carbocycles. The topological polar surface area (TPSA) is 46.5 Å². The van der Waals surface area contributed by atoms with Gasteiger partial charge in [-0.25, -0.2) is 4.79 Å². The number of fused-ring (bicyclic) bond motifs is 5. The van der Waals surface area contributed by atoms with E-state index in [9.17, 15) is 9.90 Å². The molecule has 1 unspecified atom stereocenters. The van der Waals surface area contributed by atoms with Crippen molar-refractivity contribution < 1.29 is 14.6 Å². The number of aliphatic hydroxyl groups is 1. The molecule has 0 spiro atoms. The number of carbonyl (C=O) groups excluding carboxylic acids is 1. The minimum absolute atomic E-state index is 0.0199. The summed E-state index contributed by atoms with van der Waals surface area (Å²) in [6, 6.07) is 9.22. The van der Waals surface area contributed by atoms with E-state index in [4.69, 9.17) is 4.74 Å². The fraction of sp³-hybridized carbons (Fsp3) is 0.735. The van der Waals surface area contributed by atoms with Crippen LogP contribution in [-0.2, 0) is 4.74 Å². The second-order valence-electron chi connectivity index (χ2n) is 14.0. The Labute approximate surface area is 225 Å². The predicted octanol–water partition coefficient (Wildman–Crippen LogP) is 8.22. The molecule has 4 aliphatic rings. The van der Waals surface area contributed by atoms with E-state index >= 15 is 0 Å². The molecular weight excluding hydrogens is 456 g/mol. The molecule has 4 aliphatic carbocycles. The molecule has 1 N–H and O–H groups in total. The summed E-state index contributed by atoms with van der Waals surface area (Å²) >= 11 is 0. The van der Waals surface area contributed by atoms with Crippen molar-refractivity contribution in [3.8, 4) is 0 Å². The summed E-state index contributed by atoms with van der Waals surface area (Å²) in [5, 5.41) is 11.0. The van der Waals surface area contributed by atoms with E-state index < -0.39 is 12.2 Å². The molecule has 3 fully saturated rings. The normalized spacial score (nSPS) is 39.8. The van der Waals surface area contributed by atoms with Gasteiger partial charge in [-0.1, -0.05) is 78.2 Å². The number of esters is 1. The Morgan fingerprint density at radius 3 is 2.49 bits per heavy atom. The Morgan fingerprint density at radius 2 is 1.76 bits per heavy atom. The van der Waals surface area contributed by atoms with Crippen LogP contribution < -0.4 is 0 Å². The Morgan fingerprint density at radius 1 is 1.00 bits per heavy atom. The molecule has 9 atom stereocenters. The van der Waals surface area contributed by atoms with Gasteiger partial charge in [-0.2, -0.15) is 0 Å². The smallest absolute Gasteiger partial charge is 0.338 e. The van der Waals surface area contributed by atoms with Crippen LogP contribution in [0.5, 0.6) is 0 Å². The average molecular weight is 507 g/mol. The van der Waals surface area contributed by atoms with Crippen molar-refractivity contribution in [3.05, 3.63) is 47.5 Å². The number of ether oxygens (including phenoxy) is 1. The van der Waals surface area contributed by atoms with Gasteiger partial charge in [0.1, 0.15) is 6.10 Å². The Hall–Kier alpha value is -1.61. The van der Waals surface area contributed by atoms with Gasteiger partial charge in [-0.3, -0.25) is 0 Å². The summed E-state index contributed by atoms with van der Waals surface area (Å²) in [4.78, 5) is 13.0. The van der Waals surface area contributed by atoms with Crippen LogP contribution in [-0.4, -0.2) is 23.3 Å². The van der Waals surface area contributed by atoms with Crippen LogP contribution in [0.4, 0.5) is 0 Å². The largest absolute Gasteiger partial charge is 0.451 e. The standard InChI is InChI=1S/C34H50O3/c1-22(2)10-9-11-23(3)26-16-17-27-25-14-15-29-31(37-32(36)24-12-7-6-8-13-24)30(35)19-21-34(29,5)28(25)18-20-33(26,27)4/h6-8,12-13,15,22-23,25-28,30-31,35H,9-11,14,16-21H2,1-5H3/t23-,25+,26-,27+,28+,30+,31?,33-,34-/m1/s1. The molecule has 0 saturated heterocycles. The number of benzene rings is 1. The first-order valence-electron chi connectivity index (χ1n) is 15.3. The van der Waals surface area contributed by atoms with Gasteiger partial charge in [0.05, 0.1) is 11.7 Å². The minimum atomic E-state index is -0.611. The van der Waals surface area contributed by atoms with E-state index in [1.165, 1.54) is 50.5 Å². The Bertz CT molecular complexity index is 982. The van der Waals surface area contributed by atoms with E-state index in [1.54, 1.807) is 12.1 Å². The third-order valence-electron chi connectivity index (χ3n) is 11.6. The number of hydrogen-bond donors (Lipinski definition) is 1. The Balaban J connectivity index is 1.34. The molecule has 0 heterocycles. The van der Waals surface area contributed by atoms with E-state index in [-0.39, 0.29) is 11.4 Å². The first kappa shape index (κ1) is 27.0. The molecule has 3 nitrogen and oxygen atoms in total. The summed E-state index contributed by atoms with van der Waals surface area (Å²) < 4.78 is 6.06. The number of aliphatic hydroxyl groups excluding tert-OH is 1. The molecule has 1 aromatic rings. The van der Waals surface area contributed by atoms with Crippen molar-refractivity contribution in [2.45, 2.75) is 111 Å². The third kappa shape index (κ3) is 4.83. The average Bonchev–Trinajstić information content (AvgIpc) is 3.23. The number of hydrogen-bond acceptors (Lipinski definition) is 3. The van der Waals surface area contributed by atoms with Gasteiger partial charge in [0.2, 0.25) is 0 Å². The number of rotatable bonds is 7. The molecule has 0 bridgehead atoms. The quantitative estimate of drug-likeness (QED) is 0.299. The van der Waals surface area contributed by atoms with Gasteiger partial charge >= 0.3 is 5.97 Å². The van der Waals surface area contributed by atoms with Crippen LogP contribution in [0.1, 0.15) is 109 Å². The van der Waals surface area contributed by atoms with Crippen molar-refractivity contribution in [1.82, 2.24) is 0 Å². The van der Waals surface area contributed by atoms with Crippen LogP contribution in [0.15, 0.2) is 42.0 Å². The van der Waals surface area contributed by atoms with Crippen molar-refractivity contribution in [2.24, 2.45) is 46.3 Å². The fourth-order valence-electron chi connectivity index (χ4n) is 9.62. The zero-order chi connectivity index (χ0) is 26.4. The van der Waals surface area contributed by atoms with Gasteiger partial charge in [-0.15, -0.1) is 0 Å². The molecule has 3 heteroatoms. The SMILES string of the molecule is CC(C)CCC[C@@H](C)[C@H]1CC[C@H]2[C@@H]3CC=C4C(OC(=O)c5ccccc5)[C@@H](O)CC[C@]4(C)[C@H]3CC[C@]12C. The van der Waals surface area contributed by atoms with Crippen LogP contribution in [0.2, 0.25) is 0 Å². The maximum absolute atomic E-state index is 13.0. The lowest BCUT2D eigenvalue weighted by atomic mass is 9.46. The lowest BCUT2D eigenvalue weighted by Crippen LogP contribution is -2.54. The van der Waals surface area contributed by atoms with Gasteiger partial charge in [0.15, 0.2) is 0 Å². The molecule has 0 aromatic heterocycles. The molecule has 5 rings (SSSR count). The lowest BCUT2D eigenvalue weighted by Gasteiger charge is -2.59. The van der Waals surface area contributed by atoms with Crippen molar-refractivity contribution in [1.29, 1.82) is 0 Å². The predicted molar refractivity (Wildman–Crippen MR) is 150 cm³/mol. The molecule has 0 radical (unpaired) electrons. The van der Waals surface area contributed by atoms with Crippen molar-refractivity contribution in [3.63, 3.8) is 0 Å². The van der Waals surface area contributed by atoms with Gasteiger partial charge in [0.25, 0.3) is 0 Å². The summed E-state index contributed by atoms with van der Waals surface area (Å²) in [6.45, 7) is 12.3. The van der Waals surface area contributed by atoms with Crippen LogP contribution in [0, 0.1) is 46.3 Å². The molecule has 37 heavy (non-hydrogen) atoms. The summed E-state index contributed by atoms with van der Waals surface area (Å²) in [5.74, 6) is 4.32. The minimum Gasteiger partial charge on any atom is -0.451 e. The van der Waals surface area contributed by atoms with E-state index in [1.807, 2.05) is 18.2 Å². The number of carbonyl (C=O) groups is 1. The zero-order valence-corrected chi connectivity index (χ0v) is 23.9. The first-order valence-corrected chi connectivity index (χ1v) is 15.3. The van der Waals surface area contributed by atoms with Crippen LogP contribution in [0.3, 0.4) is 0 Å². The van der Waals surface area contributed by atoms with Crippen LogP contribution >= 0.6 is 0 Å². The zero-order valence-electron chi connectivity index (χ0n) is 23.9. The summed E-state index contributed by atoms with van der Waals surface area (Å²) in [6.07, 6.45) is 13.6. The Kier molecular flexibility index (Phi) is 7.66. The highest BCUT2D eigenvalue weighted by molar-refractivity contribution is 5.89. The summed E-state index contributed by atoms with van der Waals surface area (Å²) in [5.41, 5.74) is 2.25. The van der Waals surface area contributed by atoms with Gasteiger partial charge in [0, 0.05) is 0 Å². The van der Waals surface area contributed by atoms with Gasteiger partial charge in [-0.05, 0) is 109 Å². The molecular formula is C34H50O3. The number of allylic oxidation sites excluding steroid dienone is 1. The lowest BCUT2D eigenvalue weighted by molar-refractivity contribution is -0.0845.